The smallest absolute Gasteiger partial charge is 0.193 e. The predicted octanol–water partition coefficient (Wildman–Crippen LogP) is 2.51. The van der Waals surface area contributed by atoms with Crippen molar-refractivity contribution in [1.29, 1.82) is 0 Å². The maximum absolute atomic E-state index is 14.0. The van der Waals surface area contributed by atoms with E-state index in [1.807, 2.05) is 18.7 Å². The molecule has 0 saturated carbocycles. The van der Waals surface area contributed by atoms with Gasteiger partial charge in [-0.05, 0) is 32.4 Å². The number of guanidine groups is 1. The highest BCUT2D eigenvalue weighted by Crippen LogP contribution is 2.22. The predicted molar refractivity (Wildman–Crippen MR) is 101 cm³/mol. The van der Waals surface area contributed by atoms with Crippen molar-refractivity contribution in [2.75, 3.05) is 44.7 Å². The molecule has 0 unspecified atom stereocenters. The summed E-state index contributed by atoms with van der Waals surface area (Å²) >= 11 is 0. The van der Waals surface area contributed by atoms with Gasteiger partial charge in [-0.15, -0.1) is 0 Å². The van der Waals surface area contributed by atoms with Crippen molar-refractivity contribution < 1.29 is 13.3 Å². The average Bonchev–Trinajstić information content (AvgIpc) is 2.99. The van der Waals surface area contributed by atoms with E-state index in [1.165, 1.54) is 12.1 Å². The fourth-order valence-electron chi connectivity index (χ4n) is 3.38. The number of aromatic nitrogens is 1. The van der Waals surface area contributed by atoms with Gasteiger partial charge in [-0.3, -0.25) is 4.99 Å². The second-order valence-electron chi connectivity index (χ2n) is 6.60. The van der Waals surface area contributed by atoms with Gasteiger partial charge in [-0.2, -0.15) is 0 Å². The van der Waals surface area contributed by atoms with E-state index in [-0.39, 0.29) is 0 Å². The summed E-state index contributed by atoms with van der Waals surface area (Å²) in [6.45, 7) is 7.13. The fraction of sp³-hybridized carbons (Fsp3) is 0.474. The Balaban J connectivity index is 1.53. The third-order valence-electron chi connectivity index (χ3n) is 4.88. The summed E-state index contributed by atoms with van der Waals surface area (Å²) in [5.41, 5.74) is 2.34. The van der Waals surface area contributed by atoms with Crippen LogP contribution in [0.2, 0.25) is 0 Å². The minimum atomic E-state index is -0.425. The SMILES string of the molecule is CN=C(NCCc1c(C)noc1C)N1CCN(c2cc(F)ccc2F)CC1. The van der Waals surface area contributed by atoms with Gasteiger partial charge in [-0.1, -0.05) is 5.16 Å². The second-order valence-corrected chi connectivity index (χ2v) is 6.60. The van der Waals surface area contributed by atoms with Crippen LogP contribution >= 0.6 is 0 Å². The molecule has 1 aromatic heterocycles. The third kappa shape index (κ3) is 4.37. The van der Waals surface area contributed by atoms with E-state index in [9.17, 15) is 8.78 Å². The number of anilines is 1. The molecule has 0 spiro atoms. The van der Waals surface area contributed by atoms with Gasteiger partial charge in [0.25, 0.3) is 0 Å². The molecule has 1 aliphatic heterocycles. The molecule has 146 valence electrons. The zero-order valence-corrected chi connectivity index (χ0v) is 15.9. The van der Waals surface area contributed by atoms with E-state index in [0.29, 0.717) is 38.4 Å². The molecule has 3 rings (SSSR count). The van der Waals surface area contributed by atoms with E-state index >= 15 is 0 Å². The van der Waals surface area contributed by atoms with Crippen molar-refractivity contribution in [2.24, 2.45) is 4.99 Å². The summed E-state index contributed by atoms with van der Waals surface area (Å²) in [7, 11) is 1.75. The molecule has 0 atom stereocenters. The van der Waals surface area contributed by atoms with Gasteiger partial charge in [0, 0.05) is 51.4 Å². The molecule has 0 aliphatic carbocycles. The summed E-state index contributed by atoms with van der Waals surface area (Å²) in [6.07, 6.45) is 0.800. The average molecular weight is 377 g/mol. The largest absolute Gasteiger partial charge is 0.366 e. The van der Waals surface area contributed by atoms with Gasteiger partial charge < -0.3 is 19.6 Å². The number of hydrogen-bond donors (Lipinski definition) is 1. The van der Waals surface area contributed by atoms with Crippen LogP contribution in [0.1, 0.15) is 17.0 Å². The quantitative estimate of drug-likeness (QED) is 0.655. The number of piperazine rings is 1. The van der Waals surface area contributed by atoms with Crippen LogP contribution in [0.5, 0.6) is 0 Å². The number of halogens is 2. The Labute approximate surface area is 157 Å². The Bertz CT molecular complexity index is 793. The summed E-state index contributed by atoms with van der Waals surface area (Å²) in [5.74, 6) is 0.827. The van der Waals surface area contributed by atoms with Crippen molar-refractivity contribution in [3.63, 3.8) is 0 Å². The highest BCUT2D eigenvalue weighted by Gasteiger charge is 2.22. The normalized spacial score (nSPS) is 15.4. The summed E-state index contributed by atoms with van der Waals surface area (Å²) < 4.78 is 32.6. The van der Waals surface area contributed by atoms with E-state index in [0.717, 1.165) is 35.5 Å². The van der Waals surface area contributed by atoms with Crippen LogP contribution in [0, 0.1) is 25.5 Å². The Kier molecular flexibility index (Phi) is 5.93. The third-order valence-corrected chi connectivity index (χ3v) is 4.88. The molecule has 2 heterocycles. The molecule has 27 heavy (non-hydrogen) atoms. The van der Waals surface area contributed by atoms with Crippen LogP contribution in [-0.4, -0.2) is 55.8 Å². The van der Waals surface area contributed by atoms with Crippen molar-refractivity contribution >= 4 is 11.6 Å². The van der Waals surface area contributed by atoms with Crippen LogP contribution in [0.25, 0.3) is 0 Å². The first kappa shape index (κ1) is 19.1. The fourth-order valence-corrected chi connectivity index (χ4v) is 3.38. The monoisotopic (exact) mass is 377 g/mol. The molecule has 0 bridgehead atoms. The number of aryl methyl sites for hydroxylation is 2. The molecule has 1 saturated heterocycles. The lowest BCUT2D eigenvalue weighted by Crippen LogP contribution is -2.53. The molecule has 8 heteroatoms. The van der Waals surface area contributed by atoms with Gasteiger partial charge in [0.15, 0.2) is 5.96 Å². The van der Waals surface area contributed by atoms with Gasteiger partial charge >= 0.3 is 0 Å². The van der Waals surface area contributed by atoms with Crippen LogP contribution in [-0.2, 0) is 6.42 Å². The molecule has 2 aromatic rings. The minimum Gasteiger partial charge on any atom is -0.366 e. The Morgan fingerprint density at radius 2 is 1.96 bits per heavy atom. The topological polar surface area (TPSA) is 56.9 Å². The second kappa shape index (κ2) is 8.37. The molecule has 0 radical (unpaired) electrons. The van der Waals surface area contributed by atoms with Crippen LogP contribution in [0.4, 0.5) is 14.5 Å². The maximum Gasteiger partial charge on any atom is 0.193 e. The Morgan fingerprint density at radius 3 is 2.59 bits per heavy atom. The van der Waals surface area contributed by atoms with E-state index < -0.39 is 11.6 Å². The standard InChI is InChI=1S/C19H25F2N5O/c1-13-16(14(2)27-24-13)6-7-23-19(22-3)26-10-8-25(9-11-26)18-12-15(20)4-5-17(18)21/h4-5,12H,6-11H2,1-3H3,(H,22,23). The van der Waals surface area contributed by atoms with Crippen LogP contribution < -0.4 is 10.2 Å². The Hall–Kier alpha value is -2.64. The number of hydrogen-bond acceptors (Lipinski definition) is 4. The number of aliphatic imine (C=N–C) groups is 1. The first-order valence-electron chi connectivity index (χ1n) is 9.07. The van der Waals surface area contributed by atoms with Crippen molar-refractivity contribution in [3.05, 3.63) is 46.9 Å². The summed E-state index contributed by atoms with van der Waals surface area (Å²) in [5, 5.41) is 7.33. The van der Waals surface area contributed by atoms with Crippen molar-refractivity contribution in [2.45, 2.75) is 20.3 Å². The van der Waals surface area contributed by atoms with E-state index in [2.05, 4.69) is 20.4 Å². The van der Waals surface area contributed by atoms with E-state index in [1.54, 1.807) is 7.05 Å². The molecule has 1 aromatic carbocycles. The highest BCUT2D eigenvalue weighted by atomic mass is 19.1. The first-order chi connectivity index (χ1) is 13.0. The number of benzene rings is 1. The van der Waals surface area contributed by atoms with Gasteiger partial charge in [0.05, 0.1) is 11.4 Å². The first-order valence-corrected chi connectivity index (χ1v) is 9.07. The lowest BCUT2D eigenvalue weighted by atomic mass is 10.1. The molecule has 6 nitrogen and oxygen atoms in total. The molecular weight excluding hydrogens is 352 g/mol. The highest BCUT2D eigenvalue weighted by molar-refractivity contribution is 5.80. The summed E-state index contributed by atoms with van der Waals surface area (Å²) in [4.78, 5) is 8.34. The van der Waals surface area contributed by atoms with Gasteiger partial charge in [0.2, 0.25) is 0 Å². The molecular formula is C19H25F2N5O. The molecule has 1 fully saturated rings. The van der Waals surface area contributed by atoms with Crippen molar-refractivity contribution in [3.8, 4) is 0 Å². The van der Waals surface area contributed by atoms with Crippen LogP contribution in [0.15, 0.2) is 27.7 Å². The minimum absolute atomic E-state index is 0.316. The molecule has 0 amide bonds. The van der Waals surface area contributed by atoms with E-state index in [4.69, 9.17) is 4.52 Å². The zero-order valence-electron chi connectivity index (χ0n) is 15.9. The lowest BCUT2D eigenvalue weighted by molar-refractivity contribution is 0.370. The van der Waals surface area contributed by atoms with Crippen LogP contribution in [0.3, 0.4) is 0 Å². The number of rotatable bonds is 4. The van der Waals surface area contributed by atoms with Gasteiger partial charge in [0.1, 0.15) is 17.4 Å². The Morgan fingerprint density at radius 1 is 1.22 bits per heavy atom. The van der Waals surface area contributed by atoms with Crippen molar-refractivity contribution in [1.82, 2.24) is 15.4 Å². The number of nitrogens with zero attached hydrogens (tertiary/aromatic N) is 4. The molecule has 1 aliphatic rings. The van der Waals surface area contributed by atoms with Gasteiger partial charge in [-0.25, -0.2) is 8.78 Å². The maximum atomic E-state index is 14.0. The summed E-state index contributed by atoms with van der Waals surface area (Å²) in [6, 6.07) is 3.56. The zero-order chi connectivity index (χ0) is 19.4. The number of nitrogens with one attached hydrogen (secondary N) is 1. The lowest BCUT2D eigenvalue weighted by Gasteiger charge is -2.37. The molecule has 1 N–H and O–H groups in total.